The zero-order valence-electron chi connectivity index (χ0n) is 17.2. The fourth-order valence-electron chi connectivity index (χ4n) is 4.02. The second-order valence-electron chi connectivity index (χ2n) is 7.50. The highest BCUT2D eigenvalue weighted by molar-refractivity contribution is 14.0. The van der Waals surface area contributed by atoms with Crippen molar-refractivity contribution in [3.8, 4) is 0 Å². The Labute approximate surface area is 186 Å². The number of ether oxygens (including phenoxy) is 1. The van der Waals surface area contributed by atoms with Crippen LogP contribution in [0.5, 0.6) is 0 Å². The van der Waals surface area contributed by atoms with Crippen molar-refractivity contribution in [1.29, 1.82) is 0 Å². The summed E-state index contributed by atoms with van der Waals surface area (Å²) in [6.07, 6.45) is 10.2. The van der Waals surface area contributed by atoms with Gasteiger partial charge < -0.3 is 20.3 Å². The number of rotatable bonds is 8. The molecule has 6 nitrogen and oxygen atoms in total. The molecule has 1 saturated heterocycles. The summed E-state index contributed by atoms with van der Waals surface area (Å²) in [4.78, 5) is 11.7. The monoisotopic (exact) mass is 501 g/mol. The van der Waals surface area contributed by atoms with Crippen LogP contribution in [0, 0.1) is 5.92 Å². The third-order valence-electron chi connectivity index (χ3n) is 5.49. The van der Waals surface area contributed by atoms with Crippen molar-refractivity contribution in [1.82, 2.24) is 15.6 Å². The highest BCUT2D eigenvalue weighted by Crippen LogP contribution is 2.28. The van der Waals surface area contributed by atoms with E-state index in [9.17, 15) is 0 Å². The molecule has 0 unspecified atom stereocenters. The zero-order valence-corrected chi connectivity index (χ0v) is 19.5. The van der Waals surface area contributed by atoms with Gasteiger partial charge in [-0.1, -0.05) is 31.7 Å². The normalized spacial score (nSPS) is 18.0. The van der Waals surface area contributed by atoms with E-state index >= 15 is 0 Å². The van der Waals surface area contributed by atoms with Gasteiger partial charge in [0.25, 0.3) is 0 Å². The number of anilines is 1. The van der Waals surface area contributed by atoms with Crippen LogP contribution in [0.15, 0.2) is 23.3 Å². The Morgan fingerprint density at radius 3 is 2.79 bits per heavy atom. The van der Waals surface area contributed by atoms with Crippen LogP contribution >= 0.6 is 24.0 Å². The Morgan fingerprint density at radius 1 is 1.25 bits per heavy atom. The molecule has 0 amide bonds. The third kappa shape index (κ3) is 7.39. The van der Waals surface area contributed by atoms with Crippen molar-refractivity contribution in [3.63, 3.8) is 0 Å². The number of nitrogens with zero attached hydrogens (tertiary/aromatic N) is 3. The minimum atomic E-state index is 0. The molecule has 2 heterocycles. The van der Waals surface area contributed by atoms with Crippen LogP contribution in [0.4, 0.5) is 5.82 Å². The van der Waals surface area contributed by atoms with Crippen LogP contribution in [-0.2, 0) is 11.3 Å². The molecule has 0 atom stereocenters. The Balaban J connectivity index is 0.00000280. The molecule has 1 saturated carbocycles. The molecule has 28 heavy (non-hydrogen) atoms. The Kier molecular flexibility index (Phi) is 10.9. The number of aromatic nitrogens is 1. The number of hydrogen-bond acceptors (Lipinski definition) is 4. The summed E-state index contributed by atoms with van der Waals surface area (Å²) < 4.78 is 5.47. The summed E-state index contributed by atoms with van der Waals surface area (Å²) in [6.45, 7) is 7.94. The third-order valence-corrected chi connectivity index (χ3v) is 5.49. The van der Waals surface area contributed by atoms with E-state index in [0.29, 0.717) is 6.54 Å². The highest BCUT2D eigenvalue weighted by Gasteiger charge is 2.16. The van der Waals surface area contributed by atoms with Gasteiger partial charge in [-0.3, -0.25) is 0 Å². The van der Waals surface area contributed by atoms with Gasteiger partial charge in [-0.2, -0.15) is 0 Å². The van der Waals surface area contributed by atoms with Gasteiger partial charge in [-0.05, 0) is 31.7 Å². The molecule has 1 aliphatic carbocycles. The van der Waals surface area contributed by atoms with Gasteiger partial charge in [-0.25, -0.2) is 9.98 Å². The quantitative estimate of drug-likeness (QED) is 0.247. The lowest BCUT2D eigenvalue weighted by Crippen LogP contribution is -2.38. The molecule has 7 heteroatoms. The van der Waals surface area contributed by atoms with Gasteiger partial charge in [0.2, 0.25) is 0 Å². The number of pyridine rings is 1. The molecule has 0 aromatic carbocycles. The van der Waals surface area contributed by atoms with Gasteiger partial charge in [0.1, 0.15) is 5.82 Å². The van der Waals surface area contributed by atoms with E-state index in [-0.39, 0.29) is 24.0 Å². The molecule has 3 rings (SSSR count). The lowest BCUT2D eigenvalue weighted by molar-refractivity contribution is 0.122. The first-order valence-corrected chi connectivity index (χ1v) is 10.7. The number of guanidine groups is 1. The second kappa shape index (κ2) is 13.2. The fraction of sp³-hybridized carbons (Fsp3) is 0.714. The fourth-order valence-corrected chi connectivity index (χ4v) is 4.02. The largest absolute Gasteiger partial charge is 0.378 e. The maximum Gasteiger partial charge on any atom is 0.191 e. The molecule has 1 aliphatic heterocycles. The molecule has 0 spiro atoms. The van der Waals surface area contributed by atoms with E-state index in [1.165, 1.54) is 44.1 Å². The Morgan fingerprint density at radius 2 is 2.04 bits per heavy atom. The van der Waals surface area contributed by atoms with E-state index in [4.69, 9.17) is 9.73 Å². The van der Waals surface area contributed by atoms with Crippen LogP contribution in [0.25, 0.3) is 0 Å². The number of halogens is 1. The summed E-state index contributed by atoms with van der Waals surface area (Å²) in [5.41, 5.74) is 1.17. The molecular weight excluding hydrogens is 465 g/mol. The summed E-state index contributed by atoms with van der Waals surface area (Å²) in [5.74, 6) is 2.90. The summed E-state index contributed by atoms with van der Waals surface area (Å²) in [6, 6.07) is 4.13. The van der Waals surface area contributed by atoms with Crippen molar-refractivity contribution < 1.29 is 4.74 Å². The molecule has 1 aromatic rings. The van der Waals surface area contributed by atoms with Crippen LogP contribution in [0.3, 0.4) is 0 Å². The summed E-state index contributed by atoms with van der Waals surface area (Å²) >= 11 is 0. The first-order chi connectivity index (χ1) is 13.4. The van der Waals surface area contributed by atoms with Crippen molar-refractivity contribution in [2.75, 3.05) is 44.3 Å². The summed E-state index contributed by atoms with van der Waals surface area (Å²) in [7, 11) is 0. The van der Waals surface area contributed by atoms with Gasteiger partial charge in [0, 0.05) is 37.9 Å². The first-order valence-electron chi connectivity index (χ1n) is 10.7. The lowest BCUT2D eigenvalue weighted by Gasteiger charge is -2.29. The first kappa shape index (κ1) is 23.2. The average molecular weight is 501 g/mol. The lowest BCUT2D eigenvalue weighted by atomic mass is 10.0. The predicted molar refractivity (Wildman–Crippen MR) is 127 cm³/mol. The van der Waals surface area contributed by atoms with E-state index in [1.54, 1.807) is 0 Å². The van der Waals surface area contributed by atoms with Gasteiger partial charge in [-0.15, -0.1) is 24.0 Å². The van der Waals surface area contributed by atoms with E-state index in [2.05, 4.69) is 33.5 Å². The summed E-state index contributed by atoms with van der Waals surface area (Å²) in [5, 5.41) is 6.86. The van der Waals surface area contributed by atoms with Crippen LogP contribution < -0.4 is 15.5 Å². The van der Waals surface area contributed by atoms with Crippen LogP contribution in [0.2, 0.25) is 0 Å². The molecule has 2 fully saturated rings. The van der Waals surface area contributed by atoms with Crippen molar-refractivity contribution in [2.45, 2.75) is 52.0 Å². The van der Waals surface area contributed by atoms with Crippen LogP contribution in [-0.4, -0.2) is 50.3 Å². The van der Waals surface area contributed by atoms with Gasteiger partial charge in [0.05, 0.1) is 19.8 Å². The Hall–Kier alpha value is -1.09. The molecule has 2 aliphatic rings. The molecule has 1 aromatic heterocycles. The van der Waals surface area contributed by atoms with Gasteiger partial charge in [0.15, 0.2) is 5.96 Å². The van der Waals surface area contributed by atoms with Crippen molar-refractivity contribution >= 4 is 35.8 Å². The smallest absolute Gasteiger partial charge is 0.191 e. The second-order valence-corrected chi connectivity index (χ2v) is 7.50. The molecule has 2 N–H and O–H groups in total. The highest BCUT2D eigenvalue weighted by atomic mass is 127. The van der Waals surface area contributed by atoms with E-state index in [1.807, 2.05) is 12.3 Å². The number of morpholine rings is 1. The van der Waals surface area contributed by atoms with Crippen molar-refractivity contribution in [3.05, 3.63) is 23.9 Å². The maximum atomic E-state index is 5.47. The number of aliphatic imine (C=N–C) groups is 1. The zero-order chi connectivity index (χ0) is 18.7. The minimum absolute atomic E-state index is 0. The molecule has 0 bridgehead atoms. The van der Waals surface area contributed by atoms with E-state index in [0.717, 1.165) is 57.1 Å². The maximum absolute atomic E-state index is 5.47. The average Bonchev–Trinajstić information content (AvgIpc) is 3.24. The standard InChI is InChI=1S/C21H35N5O.HI/c1-2-22-21(24-12-5-9-18-7-3-4-8-18)25-17-19-10-6-11-23-20(19)26-13-15-27-16-14-26;/h6,10-11,18H,2-5,7-9,12-17H2,1H3,(H2,22,24,25);1H. The minimum Gasteiger partial charge on any atom is -0.378 e. The number of hydrogen-bond donors (Lipinski definition) is 2. The Bertz CT molecular complexity index is 586. The number of nitrogens with one attached hydrogen (secondary N) is 2. The van der Waals surface area contributed by atoms with E-state index < -0.39 is 0 Å². The van der Waals surface area contributed by atoms with Crippen molar-refractivity contribution in [2.24, 2.45) is 10.9 Å². The van der Waals surface area contributed by atoms with Crippen LogP contribution in [0.1, 0.15) is 51.0 Å². The SMILES string of the molecule is CCNC(=NCc1cccnc1N1CCOCC1)NCCCC1CCCC1.I. The topological polar surface area (TPSA) is 61.8 Å². The van der Waals surface area contributed by atoms with Gasteiger partial charge >= 0.3 is 0 Å². The molecule has 158 valence electrons. The molecular formula is C21H36IN5O. The predicted octanol–water partition coefficient (Wildman–Crippen LogP) is 3.56. The molecule has 0 radical (unpaired) electrons.